The number of nitrogens with one attached hydrogen (secondary N) is 2. The molecule has 0 aromatic rings. The predicted molar refractivity (Wildman–Crippen MR) is 124 cm³/mol. The zero-order chi connectivity index (χ0) is 20.1. The molecule has 1 saturated heterocycles. The molecule has 3 aliphatic rings. The third kappa shape index (κ3) is 5.71. The van der Waals surface area contributed by atoms with Gasteiger partial charge >= 0.3 is 0 Å². The van der Waals surface area contributed by atoms with Crippen molar-refractivity contribution < 1.29 is 14.3 Å². The smallest absolute Gasteiger partial charge is 0.233 e. The number of rotatable bonds is 10. The summed E-state index contributed by atoms with van der Waals surface area (Å²) in [6, 6.07) is 0. The molecule has 2 amide bonds. The van der Waals surface area contributed by atoms with Crippen molar-refractivity contribution >= 4 is 41.8 Å². The summed E-state index contributed by atoms with van der Waals surface area (Å²) in [6.45, 7) is 9.44. The molecule has 2 bridgehead atoms. The first-order valence-corrected chi connectivity index (χ1v) is 10.7. The molecule has 0 aromatic carbocycles. The Hall–Kier alpha value is -1.16. The second kappa shape index (κ2) is 11.3. The van der Waals surface area contributed by atoms with Gasteiger partial charge in [-0.2, -0.15) is 0 Å². The quantitative estimate of drug-likeness (QED) is 0.116. The monoisotopic (exact) mass is 518 g/mol. The Morgan fingerprint density at radius 3 is 2.41 bits per heavy atom. The topological polar surface area (TPSA) is 83.0 Å². The minimum absolute atomic E-state index is 0. The van der Waals surface area contributed by atoms with E-state index in [0.29, 0.717) is 19.5 Å². The number of likely N-dealkylation sites (tertiary alicyclic amines) is 1. The molecule has 2 fully saturated rings. The summed E-state index contributed by atoms with van der Waals surface area (Å²) < 4.78 is 5.54. The SMILES string of the molecule is CCNC(=NCCCN1C(=O)C2C3C=CC(C3)C2C1=O)NCCCOC(C)C.I. The number of guanidine groups is 1. The van der Waals surface area contributed by atoms with E-state index in [1.807, 2.05) is 20.8 Å². The van der Waals surface area contributed by atoms with Gasteiger partial charge in [0.1, 0.15) is 0 Å². The van der Waals surface area contributed by atoms with Crippen molar-refractivity contribution in [3.8, 4) is 0 Å². The molecule has 2 N–H and O–H groups in total. The van der Waals surface area contributed by atoms with Gasteiger partial charge in [0.05, 0.1) is 17.9 Å². The van der Waals surface area contributed by atoms with Crippen LogP contribution >= 0.6 is 24.0 Å². The highest BCUT2D eigenvalue weighted by molar-refractivity contribution is 14.0. The zero-order valence-corrected chi connectivity index (χ0v) is 20.1. The summed E-state index contributed by atoms with van der Waals surface area (Å²) in [6.07, 6.45) is 7.09. The molecule has 4 unspecified atom stereocenters. The summed E-state index contributed by atoms with van der Waals surface area (Å²) in [7, 11) is 0. The maximum Gasteiger partial charge on any atom is 0.233 e. The van der Waals surface area contributed by atoms with E-state index < -0.39 is 0 Å². The molecule has 3 rings (SSSR count). The highest BCUT2D eigenvalue weighted by Gasteiger charge is 2.58. The molecule has 1 saturated carbocycles. The Balaban J connectivity index is 0.00000300. The van der Waals surface area contributed by atoms with E-state index in [1.54, 1.807) is 0 Å². The lowest BCUT2D eigenvalue weighted by molar-refractivity contribution is -0.140. The van der Waals surface area contributed by atoms with Gasteiger partial charge in [-0.15, -0.1) is 24.0 Å². The third-order valence-corrected chi connectivity index (χ3v) is 5.78. The van der Waals surface area contributed by atoms with E-state index in [0.717, 1.165) is 38.5 Å². The average molecular weight is 518 g/mol. The number of allylic oxidation sites excluding steroid dienone is 2. The highest BCUT2D eigenvalue weighted by Crippen LogP contribution is 2.52. The molecule has 0 spiro atoms. The number of halogens is 1. The van der Waals surface area contributed by atoms with Gasteiger partial charge in [-0.25, -0.2) is 0 Å². The van der Waals surface area contributed by atoms with Crippen LogP contribution in [0.25, 0.3) is 0 Å². The molecular weight excluding hydrogens is 483 g/mol. The van der Waals surface area contributed by atoms with Gasteiger partial charge in [0, 0.05) is 32.8 Å². The Bertz CT molecular complexity index is 607. The van der Waals surface area contributed by atoms with Crippen LogP contribution < -0.4 is 10.6 Å². The molecule has 164 valence electrons. The number of amides is 2. The van der Waals surface area contributed by atoms with Gasteiger partial charge in [0.15, 0.2) is 5.96 Å². The normalized spacial score (nSPS) is 27.6. The number of hydrogen-bond acceptors (Lipinski definition) is 4. The van der Waals surface area contributed by atoms with E-state index in [9.17, 15) is 9.59 Å². The van der Waals surface area contributed by atoms with Crippen molar-refractivity contribution in [2.75, 3.05) is 32.8 Å². The van der Waals surface area contributed by atoms with Crippen LogP contribution in [0.1, 0.15) is 40.0 Å². The van der Waals surface area contributed by atoms with Crippen molar-refractivity contribution in [2.24, 2.45) is 28.7 Å². The zero-order valence-electron chi connectivity index (χ0n) is 17.7. The Kier molecular flexibility index (Phi) is 9.39. The average Bonchev–Trinajstić information content (AvgIpc) is 3.33. The van der Waals surface area contributed by atoms with Crippen LogP contribution in [0.15, 0.2) is 17.1 Å². The lowest BCUT2D eigenvalue weighted by Crippen LogP contribution is -2.38. The molecule has 0 radical (unpaired) electrons. The van der Waals surface area contributed by atoms with Crippen LogP contribution in [0, 0.1) is 23.7 Å². The minimum Gasteiger partial charge on any atom is -0.379 e. The van der Waals surface area contributed by atoms with Crippen LogP contribution in [0.2, 0.25) is 0 Å². The number of hydrogen-bond donors (Lipinski definition) is 2. The summed E-state index contributed by atoms with van der Waals surface area (Å²) in [4.78, 5) is 31.4. The third-order valence-electron chi connectivity index (χ3n) is 5.78. The maximum absolute atomic E-state index is 12.7. The molecule has 29 heavy (non-hydrogen) atoms. The fourth-order valence-corrected chi connectivity index (χ4v) is 4.54. The number of carbonyl (C=O) groups excluding carboxylic acids is 2. The molecule has 7 nitrogen and oxygen atoms in total. The number of aliphatic imine (C=N–C) groups is 1. The van der Waals surface area contributed by atoms with Crippen molar-refractivity contribution in [3.05, 3.63) is 12.2 Å². The fourth-order valence-electron chi connectivity index (χ4n) is 4.54. The standard InChI is InChI=1S/C21H34N4O3.HI/c1-4-22-21(24-10-6-12-28-14(2)3)23-9-5-11-25-19(26)17-15-7-8-16(13-15)18(17)20(25)27;/h7-8,14-18H,4-6,9-13H2,1-3H3,(H2,22,23,24);1H. The van der Waals surface area contributed by atoms with E-state index >= 15 is 0 Å². The van der Waals surface area contributed by atoms with Crippen molar-refractivity contribution in [3.63, 3.8) is 0 Å². The summed E-state index contributed by atoms with van der Waals surface area (Å²) in [5.74, 6) is 1.19. The van der Waals surface area contributed by atoms with E-state index in [-0.39, 0.29) is 65.6 Å². The highest BCUT2D eigenvalue weighted by atomic mass is 127. The molecule has 1 aliphatic heterocycles. The first kappa shape index (κ1) is 24.1. The van der Waals surface area contributed by atoms with Crippen molar-refractivity contribution in [1.29, 1.82) is 0 Å². The number of nitrogens with zero attached hydrogens (tertiary/aromatic N) is 2. The van der Waals surface area contributed by atoms with Gasteiger partial charge in [-0.05, 0) is 51.9 Å². The van der Waals surface area contributed by atoms with Crippen LogP contribution in [-0.4, -0.2) is 61.6 Å². The first-order valence-electron chi connectivity index (χ1n) is 10.7. The predicted octanol–water partition coefficient (Wildman–Crippen LogP) is 2.17. The molecular formula is C21H35IN4O3. The summed E-state index contributed by atoms with van der Waals surface area (Å²) in [5.41, 5.74) is 0. The van der Waals surface area contributed by atoms with E-state index in [1.165, 1.54) is 4.90 Å². The number of fused-ring (bicyclic) bond motifs is 5. The van der Waals surface area contributed by atoms with E-state index in [4.69, 9.17) is 4.74 Å². The van der Waals surface area contributed by atoms with Crippen LogP contribution in [0.4, 0.5) is 0 Å². The Labute approximate surface area is 191 Å². The van der Waals surface area contributed by atoms with Gasteiger partial charge in [-0.1, -0.05) is 12.2 Å². The fraction of sp³-hybridized carbons (Fsp3) is 0.762. The Morgan fingerprint density at radius 2 is 1.83 bits per heavy atom. The lowest BCUT2D eigenvalue weighted by atomic mass is 9.85. The largest absolute Gasteiger partial charge is 0.379 e. The number of carbonyl (C=O) groups is 2. The van der Waals surface area contributed by atoms with Crippen LogP contribution in [-0.2, 0) is 14.3 Å². The van der Waals surface area contributed by atoms with Crippen LogP contribution in [0.3, 0.4) is 0 Å². The van der Waals surface area contributed by atoms with Gasteiger partial charge in [0.2, 0.25) is 11.8 Å². The molecule has 1 heterocycles. The number of imide groups is 1. The van der Waals surface area contributed by atoms with Crippen molar-refractivity contribution in [1.82, 2.24) is 15.5 Å². The van der Waals surface area contributed by atoms with Gasteiger partial charge in [-0.3, -0.25) is 19.5 Å². The van der Waals surface area contributed by atoms with E-state index in [2.05, 4.69) is 27.8 Å². The second-order valence-corrected chi connectivity index (χ2v) is 8.14. The maximum atomic E-state index is 12.7. The molecule has 2 aliphatic carbocycles. The Morgan fingerprint density at radius 1 is 1.17 bits per heavy atom. The number of ether oxygens (including phenoxy) is 1. The van der Waals surface area contributed by atoms with Gasteiger partial charge < -0.3 is 15.4 Å². The summed E-state index contributed by atoms with van der Waals surface area (Å²) >= 11 is 0. The molecule has 4 atom stereocenters. The summed E-state index contributed by atoms with van der Waals surface area (Å²) in [5, 5.41) is 6.52. The van der Waals surface area contributed by atoms with Gasteiger partial charge in [0.25, 0.3) is 0 Å². The minimum atomic E-state index is -0.0990. The lowest BCUT2D eigenvalue weighted by Gasteiger charge is -2.17. The van der Waals surface area contributed by atoms with Crippen LogP contribution in [0.5, 0.6) is 0 Å². The second-order valence-electron chi connectivity index (χ2n) is 8.14. The molecule has 8 heteroatoms. The molecule has 0 aromatic heterocycles. The first-order chi connectivity index (χ1) is 13.5. The van der Waals surface area contributed by atoms with Crippen molar-refractivity contribution in [2.45, 2.75) is 46.1 Å².